The van der Waals surface area contributed by atoms with E-state index in [-0.39, 0.29) is 18.4 Å². The molecule has 1 saturated heterocycles. The zero-order chi connectivity index (χ0) is 11.5. The molecular formula is C10H13N3O3. The van der Waals surface area contributed by atoms with Crippen molar-refractivity contribution >= 4 is 11.8 Å². The summed E-state index contributed by atoms with van der Waals surface area (Å²) in [6.07, 6.45) is 3.23. The van der Waals surface area contributed by atoms with E-state index in [2.05, 4.69) is 10.3 Å². The van der Waals surface area contributed by atoms with Crippen molar-refractivity contribution in [3.05, 3.63) is 24.0 Å². The molecule has 86 valence electrons. The van der Waals surface area contributed by atoms with Gasteiger partial charge in [-0.05, 0) is 13.0 Å². The summed E-state index contributed by atoms with van der Waals surface area (Å²) in [5.74, 6) is -0.479. The van der Waals surface area contributed by atoms with Gasteiger partial charge >= 0.3 is 0 Å². The molecule has 1 aromatic heterocycles. The summed E-state index contributed by atoms with van der Waals surface area (Å²) in [5.41, 5.74) is 0.503. The van der Waals surface area contributed by atoms with Crippen molar-refractivity contribution in [3.63, 3.8) is 0 Å². The molecule has 1 fully saturated rings. The lowest BCUT2D eigenvalue weighted by Crippen LogP contribution is -2.42. The lowest BCUT2D eigenvalue weighted by molar-refractivity contribution is -0.160. The van der Waals surface area contributed by atoms with Crippen LogP contribution in [0.2, 0.25) is 0 Å². The Hall–Kier alpha value is -1.82. The molecule has 6 heteroatoms. The van der Waals surface area contributed by atoms with Gasteiger partial charge in [0.1, 0.15) is 12.6 Å². The molecule has 2 rings (SSSR count). The Kier molecular flexibility index (Phi) is 2.91. The number of nitrogens with zero attached hydrogens (tertiary/aromatic N) is 1. The fourth-order valence-corrected chi connectivity index (χ4v) is 1.53. The van der Waals surface area contributed by atoms with Gasteiger partial charge in [-0.2, -0.15) is 0 Å². The summed E-state index contributed by atoms with van der Waals surface area (Å²) >= 11 is 0. The van der Waals surface area contributed by atoms with Crippen LogP contribution in [0.4, 0.5) is 0 Å². The molecule has 1 aromatic rings. The standard InChI is InChI=1S/C10H13N3O3/c1-2-13-10(15)8(6-16-13)12-9(14)7-3-4-11-5-7/h3-5,8,11H,2,6H2,1H3,(H,12,14)/t8-/m1/s1. The Bertz CT molecular complexity index is 388. The average Bonchev–Trinajstić information content (AvgIpc) is 2.89. The van der Waals surface area contributed by atoms with Gasteiger partial charge in [0.15, 0.2) is 0 Å². The third-order valence-electron chi connectivity index (χ3n) is 2.39. The number of likely N-dealkylation sites (N-methyl/N-ethyl adjacent to an activating group) is 1. The molecule has 2 N–H and O–H groups in total. The number of carbonyl (C=O) groups excluding carboxylic acids is 2. The molecule has 0 saturated carbocycles. The number of hydrogen-bond donors (Lipinski definition) is 2. The monoisotopic (exact) mass is 223 g/mol. The Morgan fingerprint density at radius 2 is 2.56 bits per heavy atom. The van der Waals surface area contributed by atoms with E-state index in [0.29, 0.717) is 12.1 Å². The number of hydrogen-bond acceptors (Lipinski definition) is 3. The topological polar surface area (TPSA) is 74.4 Å². The van der Waals surface area contributed by atoms with Crippen LogP contribution in [0, 0.1) is 0 Å². The highest BCUT2D eigenvalue weighted by molar-refractivity contribution is 5.97. The van der Waals surface area contributed by atoms with E-state index in [1.165, 1.54) is 5.06 Å². The number of aromatic amines is 1. The molecule has 0 aromatic carbocycles. The lowest BCUT2D eigenvalue weighted by atomic mass is 10.2. The van der Waals surface area contributed by atoms with Gasteiger partial charge in [0.25, 0.3) is 11.8 Å². The second-order valence-corrected chi connectivity index (χ2v) is 3.45. The van der Waals surface area contributed by atoms with Crippen molar-refractivity contribution in [2.24, 2.45) is 0 Å². The van der Waals surface area contributed by atoms with Crippen molar-refractivity contribution in [2.75, 3.05) is 13.2 Å². The zero-order valence-corrected chi connectivity index (χ0v) is 8.90. The normalized spacial score (nSPS) is 20.2. The smallest absolute Gasteiger partial charge is 0.271 e. The minimum absolute atomic E-state index is 0.197. The highest BCUT2D eigenvalue weighted by Crippen LogP contribution is 2.08. The molecule has 16 heavy (non-hydrogen) atoms. The van der Waals surface area contributed by atoms with Gasteiger partial charge in [-0.1, -0.05) is 0 Å². The van der Waals surface area contributed by atoms with Crippen LogP contribution in [0.15, 0.2) is 18.5 Å². The first-order valence-electron chi connectivity index (χ1n) is 5.10. The van der Waals surface area contributed by atoms with Crippen molar-refractivity contribution in [3.8, 4) is 0 Å². The van der Waals surface area contributed by atoms with Gasteiger partial charge in [0.2, 0.25) is 0 Å². The molecule has 1 atom stereocenters. The maximum atomic E-state index is 11.6. The first-order chi connectivity index (χ1) is 7.72. The van der Waals surface area contributed by atoms with Gasteiger partial charge in [0, 0.05) is 18.9 Å². The molecule has 2 amide bonds. The number of nitrogens with one attached hydrogen (secondary N) is 2. The molecule has 1 aliphatic heterocycles. The summed E-state index contributed by atoms with van der Waals surface area (Å²) in [7, 11) is 0. The highest BCUT2D eigenvalue weighted by atomic mass is 16.7. The fraction of sp³-hybridized carbons (Fsp3) is 0.400. The molecule has 1 aliphatic rings. The van der Waals surface area contributed by atoms with E-state index in [1.54, 1.807) is 18.5 Å². The fourth-order valence-electron chi connectivity index (χ4n) is 1.53. The summed E-state index contributed by atoms with van der Waals surface area (Å²) in [6, 6.07) is 1.06. The number of H-pyrrole nitrogens is 1. The van der Waals surface area contributed by atoms with Crippen LogP contribution in [0.1, 0.15) is 17.3 Å². The molecule has 0 bridgehead atoms. The molecule has 0 unspecified atom stereocenters. The van der Waals surface area contributed by atoms with Crippen LogP contribution in [0.3, 0.4) is 0 Å². The Balaban J connectivity index is 1.96. The molecule has 0 aliphatic carbocycles. The lowest BCUT2D eigenvalue weighted by Gasteiger charge is -2.11. The van der Waals surface area contributed by atoms with Crippen molar-refractivity contribution in [1.29, 1.82) is 0 Å². The predicted molar refractivity (Wildman–Crippen MR) is 55.4 cm³/mol. The van der Waals surface area contributed by atoms with E-state index >= 15 is 0 Å². The first kappa shape index (κ1) is 10.7. The van der Waals surface area contributed by atoms with E-state index in [0.717, 1.165) is 0 Å². The van der Waals surface area contributed by atoms with E-state index in [4.69, 9.17) is 4.84 Å². The van der Waals surface area contributed by atoms with E-state index in [9.17, 15) is 9.59 Å². The SMILES string of the molecule is CCN1OC[C@@H](NC(=O)c2cc[nH]c2)C1=O. The maximum absolute atomic E-state index is 11.6. The third kappa shape index (κ3) is 1.92. The summed E-state index contributed by atoms with van der Waals surface area (Å²) in [4.78, 5) is 31.2. The Morgan fingerprint density at radius 1 is 1.75 bits per heavy atom. The molecule has 2 heterocycles. The van der Waals surface area contributed by atoms with Crippen LogP contribution in [0.25, 0.3) is 0 Å². The van der Waals surface area contributed by atoms with Gasteiger partial charge in [0.05, 0.1) is 5.56 Å². The molecule has 0 spiro atoms. The van der Waals surface area contributed by atoms with Crippen LogP contribution < -0.4 is 5.32 Å². The first-order valence-corrected chi connectivity index (χ1v) is 5.10. The van der Waals surface area contributed by atoms with Crippen LogP contribution in [-0.2, 0) is 9.63 Å². The predicted octanol–water partition coefficient (Wildman–Crippen LogP) is -0.0932. The number of aromatic nitrogens is 1. The maximum Gasteiger partial charge on any atom is 0.271 e. The quantitative estimate of drug-likeness (QED) is 0.751. The Morgan fingerprint density at radius 3 is 3.12 bits per heavy atom. The van der Waals surface area contributed by atoms with Crippen molar-refractivity contribution in [1.82, 2.24) is 15.4 Å². The molecule has 6 nitrogen and oxygen atoms in total. The van der Waals surface area contributed by atoms with Crippen LogP contribution in [0.5, 0.6) is 0 Å². The van der Waals surface area contributed by atoms with E-state index in [1.807, 2.05) is 6.92 Å². The zero-order valence-electron chi connectivity index (χ0n) is 8.90. The number of amides is 2. The summed E-state index contributed by atoms with van der Waals surface area (Å²) in [6.45, 7) is 2.49. The largest absolute Gasteiger partial charge is 0.367 e. The molecule has 0 radical (unpaired) electrons. The second-order valence-electron chi connectivity index (χ2n) is 3.45. The number of hydroxylamine groups is 2. The molecular weight excluding hydrogens is 210 g/mol. The third-order valence-corrected chi connectivity index (χ3v) is 2.39. The average molecular weight is 223 g/mol. The summed E-state index contributed by atoms with van der Waals surface area (Å²) < 4.78 is 0. The van der Waals surface area contributed by atoms with Crippen molar-refractivity contribution in [2.45, 2.75) is 13.0 Å². The van der Waals surface area contributed by atoms with Crippen LogP contribution in [-0.4, -0.2) is 41.1 Å². The number of rotatable bonds is 3. The highest BCUT2D eigenvalue weighted by Gasteiger charge is 2.33. The van der Waals surface area contributed by atoms with E-state index < -0.39 is 6.04 Å². The van der Waals surface area contributed by atoms with Gasteiger partial charge in [-0.15, -0.1) is 0 Å². The van der Waals surface area contributed by atoms with Gasteiger partial charge < -0.3 is 10.3 Å². The minimum atomic E-state index is -0.581. The Labute approximate surface area is 92.5 Å². The van der Waals surface area contributed by atoms with Gasteiger partial charge in [-0.3, -0.25) is 14.4 Å². The van der Waals surface area contributed by atoms with Crippen LogP contribution >= 0.6 is 0 Å². The number of carbonyl (C=O) groups is 2. The van der Waals surface area contributed by atoms with Crippen molar-refractivity contribution < 1.29 is 14.4 Å². The second kappa shape index (κ2) is 4.36. The summed E-state index contributed by atoms with van der Waals surface area (Å²) in [5, 5.41) is 3.87. The minimum Gasteiger partial charge on any atom is -0.367 e. The van der Waals surface area contributed by atoms with Gasteiger partial charge in [-0.25, -0.2) is 5.06 Å².